The van der Waals surface area contributed by atoms with Crippen LogP contribution in [0, 0.1) is 5.92 Å². The second-order valence-corrected chi connectivity index (χ2v) is 4.45. The number of nitrogen functional groups attached to an aromatic ring is 1. The first-order valence-corrected chi connectivity index (χ1v) is 5.69. The fraction of sp³-hybridized carbons (Fsp3) is 0.583. The molecule has 0 atom stereocenters. The van der Waals surface area contributed by atoms with E-state index in [-0.39, 0.29) is 0 Å². The van der Waals surface area contributed by atoms with E-state index >= 15 is 0 Å². The minimum Gasteiger partial charge on any atom is -0.384 e. The molecule has 1 aromatic rings. The highest BCUT2D eigenvalue weighted by Crippen LogP contribution is 2.26. The van der Waals surface area contributed by atoms with Gasteiger partial charge in [-0.25, -0.2) is 4.98 Å². The van der Waals surface area contributed by atoms with Crippen molar-refractivity contribution >= 4 is 11.6 Å². The van der Waals surface area contributed by atoms with Gasteiger partial charge in [0.15, 0.2) is 0 Å². The second kappa shape index (κ2) is 4.51. The average Bonchev–Trinajstić information content (AvgIpc) is 2.70. The zero-order valence-electron chi connectivity index (χ0n) is 9.32. The summed E-state index contributed by atoms with van der Waals surface area (Å²) in [5.41, 5.74) is 5.67. The lowest BCUT2D eigenvalue weighted by Crippen LogP contribution is -2.24. The van der Waals surface area contributed by atoms with Crippen LogP contribution in [0.25, 0.3) is 0 Å². The highest BCUT2D eigenvalue weighted by molar-refractivity contribution is 5.44. The highest BCUT2D eigenvalue weighted by Gasteiger charge is 2.17. The molecule has 0 aliphatic heterocycles. The van der Waals surface area contributed by atoms with Crippen molar-refractivity contribution in [2.24, 2.45) is 5.92 Å². The maximum Gasteiger partial charge on any atom is 0.130 e. The zero-order valence-corrected chi connectivity index (χ0v) is 9.32. The Balaban J connectivity index is 1.97. The summed E-state index contributed by atoms with van der Waals surface area (Å²) in [6.07, 6.45) is 5.52. The quantitative estimate of drug-likeness (QED) is 0.823. The summed E-state index contributed by atoms with van der Waals surface area (Å²) in [5, 5.41) is 0. The molecule has 0 bridgehead atoms. The van der Waals surface area contributed by atoms with Gasteiger partial charge >= 0.3 is 0 Å². The van der Waals surface area contributed by atoms with Crippen molar-refractivity contribution in [1.82, 2.24) is 4.98 Å². The number of anilines is 2. The maximum absolute atomic E-state index is 5.67. The lowest BCUT2D eigenvalue weighted by Gasteiger charge is -2.22. The Bertz CT molecular complexity index is 318. The standard InChI is InChI=1S/C12H19N3/c1-15(9-10-5-2-3-6-10)12-8-4-7-11(13)14-12/h4,7-8,10H,2-3,5-6,9H2,1H3,(H2,13,14). The molecule has 15 heavy (non-hydrogen) atoms. The van der Waals surface area contributed by atoms with E-state index in [9.17, 15) is 0 Å². The highest BCUT2D eigenvalue weighted by atomic mass is 15.2. The first kappa shape index (κ1) is 10.3. The monoisotopic (exact) mass is 205 g/mol. The molecule has 2 rings (SSSR count). The van der Waals surface area contributed by atoms with Gasteiger partial charge in [-0.2, -0.15) is 0 Å². The summed E-state index contributed by atoms with van der Waals surface area (Å²) in [7, 11) is 2.10. The van der Waals surface area contributed by atoms with Crippen molar-refractivity contribution in [3.8, 4) is 0 Å². The number of aromatic nitrogens is 1. The normalized spacial score (nSPS) is 16.9. The Kier molecular flexibility index (Phi) is 3.09. The minimum atomic E-state index is 0.603. The van der Waals surface area contributed by atoms with E-state index < -0.39 is 0 Å². The van der Waals surface area contributed by atoms with Crippen LogP contribution in [0.2, 0.25) is 0 Å². The molecule has 1 saturated carbocycles. The summed E-state index contributed by atoms with van der Waals surface area (Å²) in [6.45, 7) is 1.11. The predicted molar refractivity (Wildman–Crippen MR) is 63.9 cm³/mol. The van der Waals surface area contributed by atoms with Crippen LogP contribution in [0.3, 0.4) is 0 Å². The molecule has 3 nitrogen and oxygen atoms in total. The molecule has 1 heterocycles. The van der Waals surface area contributed by atoms with Crippen molar-refractivity contribution < 1.29 is 0 Å². The van der Waals surface area contributed by atoms with Crippen LogP contribution >= 0.6 is 0 Å². The van der Waals surface area contributed by atoms with Crippen molar-refractivity contribution in [3.05, 3.63) is 18.2 Å². The molecule has 1 fully saturated rings. The molecule has 82 valence electrons. The summed E-state index contributed by atoms with van der Waals surface area (Å²) in [4.78, 5) is 6.53. The van der Waals surface area contributed by atoms with Gasteiger partial charge in [-0.3, -0.25) is 0 Å². The van der Waals surface area contributed by atoms with Crippen molar-refractivity contribution in [3.63, 3.8) is 0 Å². The van der Waals surface area contributed by atoms with Crippen LogP contribution in [-0.4, -0.2) is 18.6 Å². The largest absolute Gasteiger partial charge is 0.384 e. The van der Waals surface area contributed by atoms with Crippen molar-refractivity contribution in [1.29, 1.82) is 0 Å². The van der Waals surface area contributed by atoms with Gasteiger partial charge in [0, 0.05) is 13.6 Å². The lowest BCUT2D eigenvalue weighted by molar-refractivity contribution is 0.545. The van der Waals surface area contributed by atoms with Crippen LogP contribution in [0.4, 0.5) is 11.6 Å². The molecular weight excluding hydrogens is 186 g/mol. The van der Waals surface area contributed by atoms with Gasteiger partial charge in [-0.05, 0) is 30.9 Å². The molecular formula is C12H19N3. The van der Waals surface area contributed by atoms with Gasteiger partial charge in [0.1, 0.15) is 11.6 Å². The number of rotatable bonds is 3. The summed E-state index contributed by atoms with van der Waals surface area (Å²) < 4.78 is 0. The first-order valence-electron chi connectivity index (χ1n) is 5.69. The maximum atomic E-state index is 5.67. The van der Waals surface area contributed by atoms with E-state index in [4.69, 9.17) is 5.73 Å². The topological polar surface area (TPSA) is 42.1 Å². The molecule has 1 aliphatic rings. The van der Waals surface area contributed by atoms with Crippen LogP contribution in [-0.2, 0) is 0 Å². The van der Waals surface area contributed by atoms with Gasteiger partial charge in [-0.1, -0.05) is 18.9 Å². The van der Waals surface area contributed by atoms with E-state index in [1.165, 1.54) is 25.7 Å². The Hall–Kier alpha value is -1.25. The van der Waals surface area contributed by atoms with Crippen molar-refractivity contribution in [2.45, 2.75) is 25.7 Å². The third-order valence-electron chi connectivity index (χ3n) is 3.15. The Labute approximate surface area is 91.3 Å². The minimum absolute atomic E-state index is 0.603. The van der Waals surface area contributed by atoms with E-state index in [0.717, 1.165) is 18.3 Å². The van der Waals surface area contributed by atoms with Gasteiger partial charge in [-0.15, -0.1) is 0 Å². The molecule has 1 aliphatic carbocycles. The van der Waals surface area contributed by atoms with E-state index in [1.54, 1.807) is 0 Å². The fourth-order valence-corrected chi connectivity index (χ4v) is 2.33. The van der Waals surface area contributed by atoms with E-state index in [0.29, 0.717) is 5.82 Å². The fourth-order valence-electron chi connectivity index (χ4n) is 2.33. The summed E-state index contributed by atoms with van der Waals surface area (Å²) >= 11 is 0. The molecule has 0 amide bonds. The molecule has 0 spiro atoms. The molecule has 2 N–H and O–H groups in total. The predicted octanol–water partition coefficient (Wildman–Crippen LogP) is 2.29. The third kappa shape index (κ3) is 2.61. The van der Waals surface area contributed by atoms with Gasteiger partial charge in [0.25, 0.3) is 0 Å². The van der Waals surface area contributed by atoms with Crippen molar-refractivity contribution in [2.75, 3.05) is 24.2 Å². The molecule has 0 aromatic carbocycles. The van der Waals surface area contributed by atoms with Gasteiger partial charge in [0.05, 0.1) is 0 Å². The number of hydrogen-bond donors (Lipinski definition) is 1. The molecule has 1 aromatic heterocycles. The van der Waals surface area contributed by atoms with Crippen LogP contribution < -0.4 is 10.6 Å². The third-order valence-corrected chi connectivity index (χ3v) is 3.15. The van der Waals surface area contributed by atoms with Gasteiger partial charge in [0.2, 0.25) is 0 Å². The Morgan fingerprint density at radius 3 is 2.80 bits per heavy atom. The molecule has 0 radical (unpaired) electrons. The Morgan fingerprint density at radius 2 is 2.13 bits per heavy atom. The van der Waals surface area contributed by atoms with Crippen LogP contribution in [0.15, 0.2) is 18.2 Å². The first-order chi connectivity index (χ1) is 7.25. The Morgan fingerprint density at radius 1 is 1.40 bits per heavy atom. The number of nitrogens with zero attached hydrogens (tertiary/aromatic N) is 2. The number of nitrogens with two attached hydrogens (primary N) is 1. The van der Waals surface area contributed by atoms with Crippen LogP contribution in [0.5, 0.6) is 0 Å². The molecule has 0 unspecified atom stereocenters. The lowest BCUT2D eigenvalue weighted by atomic mass is 10.1. The zero-order chi connectivity index (χ0) is 10.7. The molecule has 0 saturated heterocycles. The van der Waals surface area contributed by atoms with E-state index in [1.807, 2.05) is 18.2 Å². The SMILES string of the molecule is CN(CC1CCCC1)c1cccc(N)n1. The smallest absolute Gasteiger partial charge is 0.130 e. The van der Waals surface area contributed by atoms with Crippen LogP contribution in [0.1, 0.15) is 25.7 Å². The van der Waals surface area contributed by atoms with Gasteiger partial charge < -0.3 is 10.6 Å². The number of hydrogen-bond acceptors (Lipinski definition) is 3. The summed E-state index contributed by atoms with van der Waals surface area (Å²) in [6, 6.07) is 5.81. The number of pyridine rings is 1. The average molecular weight is 205 g/mol. The second-order valence-electron chi connectivity index (χ2n) is 4.45. The van der Waals surface area contributed by atoms with E-state index in [2.05, 4.69) is 16.9 Å². The molecule has 3 heteroatoms. The summed E-state index contributed by atoms with van der Waals surface area (Å²) in [5.74, 6) is 2.44.